The maximum atomic E-state index is 11.3. The summed E-state index contributed by atoms with van der Waals surface area (Å²) in [6.45, 7) is 3.30. The van der Waals surface area contributed by atoms with Gasteiger partial charge in [-0.05, 0) is 49.2 Å². The highest BCUT2D eigenvalue weighted by atomic mass is 16.5. The smallest absolute Gasteiger partial charge is 0.320 e. The summed E-state index contributed by atoms with van der Waals surface area (Å²) in [6.07, 6.45) is 1.47. The maximum absolute atomic E-state index is 11.3. The van der Waals surface area contributed by atoms with Gasteiger partial charge in [0, 0.05) is 13.1 Å². The van der Waals surface area contributed by atoms with Crippen LogP contribution in [0.3, 0.4) is 0 Å². The number of hydrogen-bond acceptors (Lipinski definition) is 4. The molecule has 1 aliphatic heterocycles. The van der Waals surface area contributed by atoms with E-state index in [1.165, 1.54) is 0 Å². The zero-order chi connectivity index (χ0) is 17.6. The van der Waals surface area contributed by atoms with Gasteiger partial charge in [-0.15, -0.1) is 0 Å². The molecule has 2 aromatic carbocycles. The molecule has 0 amide bonds. The minimum Gasteiger partial charge on any atom is -0.489 e. The molecule has 5 nitrogen and oxygen atoms in total. The molecule has 0 aromatic heterocycles. The number of benzene rings is 2. The average Bonchev–Trinajstić information content (AvgIpc) is 3.06. The lowest BCUT2D eigenvalue weighted by atomic mass is 10.2. The van der Waals surface area contributed by atoms with E-state index in [2.05, 4.69) is 0 Å². The highest BCUT2D eigenvalue weighted by molar-refractivity contribution is 5.73. The van der Waals surface area contributed by atoms with Gasteiger partial charge in [0.15, 0.2) is 0 Å². The lowest BCUT2D eigenvalue weighted by Crippen LogP contribution is -2.40. The van der Waals surface area contributed by atoms with E-state index in [1.54, 1.807) is 0 Å². The molecule has 3 rings (SSSR count). The van der Waals surface area contributed by atoms with E-state index in [1.807, 2.05) is 66.4 Å². The number of nitrogens with zero attached hydrogens (tertiary/aromatic N) is 1. The lowest BCUT2D eigenvalue weighted by molar-refractivity contribution is -0.143. The van der Waals surface area contributed by atoms with Crippen molar-refractivity contribution in [3.05, 3.63) is 54.6 Å². The summed E-state index contributed by atoms with van der Waals surface area (Å²) in [7, 11) is 0. The van der Waals surface area contributed by atoms with Gasteiger partial charge in [-0.25, -0.2) is 0 Å². The van der Waals surface area contributed by atoms with Crippen molar-refractivity contribution in [3.63, 3.8) is 0 Å². The van der Waals surface area contributed by atoms with Crippen LogP contribution in [0.4, 0.5) is 0 Å². The molecule has 1 heterocycles. The van der Waals surface area contributed by atoms with Gasteiger partial charge in [0.05, 0.1) is 0 Å². The van der Waals surface area contributed by atoms with E-state index in [0.717, 1.165) is 30.2 Å². The first-order valence-electron chi connectivity index (χ1n) is 8.62. The van der Waals surface area contributed by atoms with Crippen molar-refractivity contribution in [1.82, 2.24) is 4.90 Å². The summed E-state index contributed by atoms with van der Waals surface area (Å²) in [6, 6.07) is 16.7. The topological polar surface area (TPSA) is 59.0 Å². The fourth-order valence-electron chi connectivity index (χ4n) is 3.13. The van der Waals surface area contributed by atoms with Gasteiger partial charge in [-0.1, -0.05) is 25.1 Å². The fourth-order valence-corrected chi connectivity index (χ4v) is 3.13. The lowest BCUT2D eigenvalue weighted by Gasteiger charge is -2.22. The standard InChI is InChI=1S/C20H23NO4/c1-2-19(20(22)23)21-13-12-18(14-21)25-17-10-8-16(9-11-17)24-15-6-4-3-5-7-15/h3-11,18-19H,2,12-14H2,1H3,(H,22,23). The molecular formula is C20H23NO4. The number of likely N-dealkylation sites (tertiary alicyclic amines) is 1. The first kappa shape index (κ1) is 17.3. The number of rotatable bonds is 7. The van der Waals surface area contributed by atoms with Gasteiger partial charge in [0.2, 0.25) is 0 Å². The largest absolute Gasteiger partial charge is 0.489 e. The number of carboxylic acid groups (broad SMARTS) is 1. The van der Waals surface area contributed by atoms with Crippen molar-refractivity contribution in [2.75, 3.05) is 13.1 Å². The molecule has 0 radical (unpaired) electrons. The second kappa shape index (κ2) is 8.03. The monoisotopic (exact) mass is 341 g/mol. The molecule has 2 unspecified atom stereocenters. The summed E-state index contributed by atoms with van der Waals surface area (Å²) >= 11 is 0. The van der Waals surface area contributed by atoms with E-state index in [4.69, 9.17) is 9.47 Å². The fraction of sp³-hybridized carbons (Fsp3) is 0.350. The van der Waals surface area contributed by atoms with E-state index >= 15 is 0 Å². The first-order valence-corrected chi connectivity index (χ1v) is 8.62. The number of aliphatic carboxylic acids is 1. The second-order valence-corrected chi connectivity index (χ2v) is 6.17. The van der Waals surface area contributed by atoms with Crippen molar-refractivity contribution in [2.45, 2.75) is 31.9 Å². The van der Waals surface area contributed by atoms with Crippen LogP contribution < -0.4 is 9.47 Å². The molecule has 0 saturated carbocycles. The molecule has 2 aromatic rings. The zero-order valence-electron chi connectivity index (χ0n) is 14.3. The Bertz CT molecular complexity index is 687. The average molecular weight is 341 g/mol. The molecule has 0 spiro atoms. The molecule has 0 bridgehead atoms. The Kier molecular flexibility index (Phi) is 5.56. The van der Waals surface area contributed by atoms with Crippen LogP contribution in [0, 0.1) is 0 Å². The van der Waals surface area contributed by atoms with Crippen LogP contribution >= 0.6 is 0 Å². The second-order valence-electron chi connectivity index (χ2n) is 6.17. The molecule has 25 heavy (non-hydrogen) atoms. The Labute approximate surface area is 147 Å². The Balaban J connectivity index is 1.54. The highest BCUT2D eigenvalue weighted by Gasteiger charge is 2.32. The van der Waals surface area contributed by atoms with Gasteiger partial charge < -0.3 is 14.6 Å². The van der Waals surface area contributed by atoms with Gasteiger partial charge >= 0.3 is 5.97 Å². The van der Waals surface area contributed by atoms with Gasteiger partial charge in [-0.3, -0.25) is 9.69 Å². The number of para-hydroxylation sites is 1. The molecule has 0 aliphatic carbocycles. The van der Waals surface area contributed by atoms with Gasteiger partial charge in [0.25, 0.3) is 0 Å². The highest BCUT2D eigenvalue weighted by Crippen LogP contribution is 2.26. The molecule has 1 fully saturated rings. The van der Waals surface area contributed by atoms with E-state index in [0.29, 0.717) is 13.0 Å². The van der Waals surface area contributed by atoms with Crippen molar-refractivity contribution < 1.29 is 19.4 Å². The summed E-state index contributed by atoms with van der Waals surface area (Å²) in [5.41, 5.74) is 0. The van der Waals surface area contributed by atoms with Crippen molar-refractivity contribution in [1.29, 1.82) is 0 Å². The van der Waals surface area contributed by atoms with Crippen LogP contribution in [0.5, 0.6) is 17.2 Å². The van der Waals surface area contributed by atoms with Crippen LogP contribution in [0.1, 0.15) is 19.8 Å². The Morgan fingerprint density at radius 3 is 2.40 bits per heavy atom. The normalized spacial score (nSPS) is 18.7. The van der Waals surface area contributed by atoms with Crippen LogP contribution in [0.2, 0.25) is 0 Å². The summed E-state index contributed by atoms with van der Waals surface area (Å²) in [5.74, 6) is 1.56. The third-order valence-corrected chi connectivity index (χ3v) is 4.39. The van der Waals surface area contributed by atoms with Crippen LogP contribution in [0.25, 0.3) is 0 Å². The zero-order valence-corrected chi connectivity index (χ0v) is 14.3. The SMILES string of the molecule is CCC(C(=O)O)N1CCC(Oc2ccc(Oc3ccccc3)cc2)C1. The van der Waals surface area contributed by atoms with E-state index in [9.17, 15) is 9.90 Å². The predicted molar refractivity (Wildman–Crippen MR) is 95.3 cm³/mol. The minimum absolute atomic E-state index is 0.0225. The van der Waals surface area contributed by atoms with Crippen LogP contribution in [-0.2, 0) is 4.79 Å². The quantitative estimate of drug-likeness (QED) is 0.830. The van der Waals surface area contributed by atoms with Crippen molar-refractivity contribution >= 4 is 5.97 Å². The van der Waals surface area contributed by atoms with E-state index in [-0.39, 0.29) is 6.10 Å². The molecular weight excluding hydrogens is 318 g/mol. The Morgan fingerprint density at radius 1 is 1.12 bits per heavy atom. The summed E-state index contributed by atoms with van der Waals surface area (Å²) in [5, 5.41) is 9.26. The molecule has 1 N–H and O–H groups in total. The predicted octanol–water partition coefficient (Wildman–Crippen LogP) is 3.80. The van der Waals surface area contributed by atoms with Gasteiger partial charge in [0.1, 0.15) is 29.4 Å². The number of carboxylic acids is 1. The first-order chi connectivity index (χ1) is 12.2. The number of hydrogen-bond donors (Lipinski definition) is 1. The third kappa shape index (κ3) is 4.51. The summed E-state index contributed by atoms with van der Waals surface area (Å²) in [4.78, 5) is 13.3. The number of carbonyl (C=O) groups is 1. The molecule has 2 atom stereocenters. The number of ether oxygens (including phenoxy) is 2. The molecule has 132 valence electrons. The summed E-state index contributed by atoms with van der Waals surface area (Å²) < 4.78 is 11.8. The minimum atomic E-state index is -0.759. The van der Waals surface area contributed by atoms with Crippen molar-refractivity contribution in [2.24, 2.45) is 0 Å². The molecule has 1 saturated heterocycles. The van der Waals surface area contributed by atoms with E-state index < -0.39 is 12.0 Å². The molecule has 5 heteroatoms. The van der Waals surface area contributed by atoms with Crippen molar-refractivity contribution in [3.8, 4) is 17.2 Å². The maximum Gasteiger partial charge on any atom is 0.320 e. The third-order valence-electron chi connectivity index (χ3n) is 4.39. The molecule has 1 aliphatic rings. The van der Waals surface area contributed by atoms with Gasteiger partial charge in [-0.2, -0.15) is 0 Å². The Morgan fingerprint density at radius 2 is 1.76 bits per heavy atom. The van der Waals surface area contributed by atoms with Crippen LogP contribution in [0.15, 0.2) is 54.6 Å². The van der Waals surface area contributed by atoms with Crippen LogP contribution in [-0.4, -0.2) is 41.2 Å². The Hall–Kier alpha value is -2.53.